The molecule has 0 aromatic heterocycles. The predicted octanol–water partition coefficient (Wildman–Crippen LogP) is 3.73. The summed E-state index contributed by atoms with van der Waals surface area (Å²) in [5, 5.41) is 0. The van der Waals surface area contributed by atoms with Gasteiger partial charge in [0.1, 0.15) is 18.2 Å². The van der Waals surface area contributed by atoms with Crippen molar-refractivity contribution in [2.75, 3.05) is 0 Å². The van der Waals surface area contributed by atoms with Gasteiger partial charge in [0, 0.05) is 11.6 Å². The van der Waals surface area contributed by atoms with E-state index in [0.29, 0.717) is 6.61 Å². The van der Waals surface area contributed by atoms with Crippen LogP contribution in [0, 0.1) is 12.7 Å². The SMILES string of the molecule is Cc1ccc(OCc2cccc(F)c2)c([C@H](C)N)c1. The third-order valence-corrected chi connectivity index (χ3v) is 2.94. The monoisotopic (exact) mass is 259 g/mol. The second-order valence-electron chi connectivity index (χ2n) is 4.75. The van der Waals surface area contributed by atoms with E-state index in [4.69, 9.17) is 10.5 Å². The lowest BCUT2D eigenvalue weighted by atomic mass is 10.1. The van der Waals surface area contributed by atoms with Crippen molar-refractivity contribution >= 4 is 0 Å². The largest absolute Gasteiger partial charge is 0.489 e. The highest BCUT2D eigenvalue weighted by molar-refractivity contribution is 5.39. The summed E-state index contributed by atoms with van der Waals surface area (Å²) in [5.41, 5.74) is 8.85. The van der Waals surface area contributed by atoms with Gasteiger partial charge in [-0.05, 0) is 37.6 Å². The first kappa shape index (κ1) is 13.6. The molecule has 2 rings (SSSR count). The summed E-state index contributed by atoms with van der Waals surface area (Å²) in [6.45, 7) is 4.27. The fourth-order valence-electron chi connectivity index (χ4n) is 1.94. The van der Waals surface area contributed by atoms with Gasteiger partial charge in [0.25, 0.3) is 0 Å². The molecule has 3 heteroatoms. The van der Waals surface area contributed by atoms with E-state index in [1.54, 1.807) is 6.07 Å². The molecule has 0 radical (unpaired) electrons. The van der Waals surface area contributed by atoms with E-state index in [1.165, 1.54) is 12.1 Å². The smallest absolute Gasteiger partial charge is 0.124 e. The Morgan fingerprint density at radius 1 is 1.21 bits per heavy atom. The van der Waals surface area contributed by atoms with Crippen molar-refractivity contribution in [2.24, 2.45) is 5.73 Å². The molecule has 1 atom stereocenters. The third-order valence-electron chi connectivity index (χ3n) is 2.94. The first-order valence-corrected chi connectivity index (χ1v) is 6.29. The van der Waals surface area contributed by atoms with Gasteiger partial charge in [0.05, 0.1) is 0 Å². The molecule has 0 amide bonds. The summed E-state index contributed by atoms with van der Waals surface area (Å²) in [6.07, 6.45) is 0. The maximum absolute atomic E-state index is 13.1. The van der Waals surface area contributed by atoms with Gasteiger partial charge in [-0.2, -0.15) is 0 Å². The number of aryl methyl sites for hydroxylation is 1. The standard InChI is InChI=1S/C16H18FNO/c1-11-6-7-16(15(8-11)12(2)18)19-10-13-4-3-5-14(17)9-13/h3-9,12H,10,18H2,1-2H3/t12-/m0/s1. The number of hydrogen-bond acceptors (Lipinski definition) is 2. The Hall–Kier alpha value is -1.87. The Bertz CT molecular complexity index is 566. The molecule has 2 aromatic rings. The summed E-state index contributed by atoms with van der Waals surface area (Å²) < 4.78 is 18.8. The third kappa shape index (κ3) is 3.55. The van der Waals surface area contributed by atoms with Crippen molar-refractivity contribution in [2.45, 2.75) is 26.5 Å². The number of benzene rings is 2. The molecule has 0 saturated heterocycles. The second-order valence-corrected chi connectivity index (χ2v) is 4.75. The topological polar surface area (TPSA) is 35.2 Å². The first-order chi connectivity index (χ1) is 9.06. The molecule has 0 bridgehead atoms. The molecule has 0 saturated carbocycles. The molecule has 2 aromatic carbocycles. The average molecular weight is 259 g/mol. The fourth-order valence-corrected chi connectivity index (χ4v) is 1.94. The van der Waals surface area contributed by atoms with Crippen molar-refractivity contribution in [1.82, 2.24) is 0 Å². The Morgan fingerprint density at radius 3 is 2.68 bits per heavy atom. The van der Waals surface area contributed by atoms with E-state index in [2.05, 4.69) is 0 Å². The highest BCUT2D eigenvalue weighted by Crippen LogP contribution is 2.25. The van der Waals surface area contributed by atoms with E-state index in [0.717, 1.165) is 22.4 Å². The normalized spacial score (nSPS) is 12.2. The summed E-state index contributed by atoms with van der Waals surface area (Å²) in [6, 6.07) is 12.2. The molecule has 0 aliphatic rings. The van der Waals surface area contributed by atoms with E-state index < -0.39 is 0 Å². The van der Waals surface area contributed by atoms with Gasteiger partial charge < -0.3 is 10.5 Å². The van der Waals surface area contributed by atoms with Gasteiger partial charge in [-0.1, -0.05) is 29.8 Å². The maximum Gasteiger partial charge on any atom is 0.124 e. The number of ether oxygens (including phenoxy) is 1. The summed E-state index contributed by atoms with van der Waals surface area (Å²) >= 11 is 0. The van der Waals surface area contributed by atoms with Gasteiger partial charge in [-0.3, -0.25) is 0 Å². The Morgan fingerprint density at radius 2 is 2.00 bits per heavy atom. The lowest BCUT2D eigenvalue weighted by Gasteiger charge is -2.15. The van der Waals surface area contributed by atoms with Crippen molar-refractivity contribution in [1.29, 1.82) is 0 Å². The van der Waals surface area contributed by atoms with Crippen molar-refractivity contribution in [3.8, 4) is 5.75 Å². The molecule has 2 nitrogen and oxygen atoms in total. The van der Waals surface area contributed by atoms with Crippen LogP contribution in [0.4, 0.5) is 4.39 Å². The lowest BCUT2D eigenvalue weighted by molar-refractivity contribution is 0.301. The minimum atomic E-state index is -0.252. The van der Waals surface area contributed by atoms with E-state index in [-0.39, 0.29) is 11.9 Å². The van der Waals surface area contributed by atoms with Gasteiger partial charge in [0.15, 0.2) is 0 Å². The second kappa shape index (κ2) is 5.85. The number of hydrogen-bond donors (Lipinski definition) is 1. The van der Waals surface area contributed by atoms with Crippen molar-refractivity contribution < 1.29 is 9.13 Å². The molecule has 2 N–H and O–H groups in total. The van der Waals surface area contributed by atoms with Crippen LogP contribution in [0.1, 0.15) is 29.7 Å². The summed E-state index contributed by atoms with van der Waals surface area (Å²) in [5.74, 6) is 0.502. The van der Waals surface area contributed by atoms with Gasteiger partial charge in [-0.25, -0.2) is 4.39 Å². The van der Waals surface area contributed by atoms with Crippen molar-refractivity contribution in [3.05, 3.63) is 65.0 Å². The van der Waals surface area contributed by atoms with Crippen LogP contribution in [0.3, 0.4) is 0 Å². The minimum Gasteiger partial charge on any atom is -0.489 e. The number of rotatable bonds is 4. The maximum atomic E-state index is 13.1. The van der Waals surface area contributed by atoms with Crippen LogP contribution in [-0.2, 0) is 6.61 Å². The zero-order valence-electron chi connectivity index (χ0n) is 11.2. The van der Waals surface area contributed by atoms with Gasteiger partial charge in [-0.15, -0.1) is 0 Å². The van der Waals surface area contributed by atoms with Gasteiger partial charge in [0.2, 0.25) is 0 Å². The minimum absolute atomic E-state index is 0.0950. The van der Waals surface area contributed by atoms with E-state index >= 15 is 0 Å². The van der Waals surface area contributed by atoms with Crippen LogP contribution in [0.25, 0.3) is 0 Å². The van der Waals surface area contributed by atoms with Crippen LogP contribution in [-0.4, -0.2) is 0 Å². The Kier molecular flexibility index (Phi) is 4.17. The quantitative estimate of drug-likeness (QED) is 0.908. The Labute approximate surface area is 113 Å². The summed E-state index contributed by atoms with van der Waals surface area (Å²) in [7, 11) is 0. The molecule has 100 valence electrons. The van der Waals surface area contributed by atoms with Crippen LogP contribution in [0.5, 0.6) is 5.75 Å². The molecule has 19 heavy (non-hydrogen) atoms. The molecule has 0 aliphatic heterocycles. The highest BCUT2D eigenvalue weighted by Gasteiger charge is 2.08. The summed E-state index contributed by atoms with van der Waals surface area (Å²) in [4.78, 5) is 0. The van der Waals surface area contributed by atoms with E-state index in [1.807, 2.05) is 38.1 Å². The zero-order chi connectivity index (χ0) is 13.8. The van der Waals surface area contributed by atoms with Crippen LogP contribution >= 0.6 is 0 Å². The molecule has 0 spiro atoms. The molecule has 0 fully saturated rings. The fraction of sp³-hybridized carbons (Fsp3) is 0.250. The van der Waals surface area contributed by atoms with Crippen molar-refractivity contribution in [3.63, 3.8) is 0 Å². The highest BCUT2D eigenvalue weighted by atomic mass is 19.1. The lowest BCUT2D eigenvalue weighted by Crippen LogP contribution is -2.08. The molecular formula is C16H18FNO. The zero-order valence-corrected chi connectivity index (χ0v) is 11.2. The van der Waals surface area contributed by atoms with Gasteiger partial charge >= 0.3 is 0 Å². The molecule has 0 aliphatic carbocycles. The van der Waals surface area contributed by atoms with Crippen LogP contribution in [0.15, 0.2) is 42.5 Å². The molecular weight excluding hydrogens is 241 g/mol. The molecule has 0 unspecified atom stereocenters. The number of halogens is 1. The Balaban J connectivity index is 2.15. The first-order valence-electron chi connectivity index (χ1n) is 6.29. The predicted molar refractivity (Wildman–Crippen MR) is 74.5 cm³/mol. The number of nitrogens with two attached hydrogens (primary N) is 1. The van der Waals surface area contributed by atoms with Crippen LogP contribution < -0.4 is 10.5 Å². The van der Waals surface area contributed by atoms with E-state index in [9.17, 15) is 4.39 Å². The van der Waals surface area contributed by atoms with Crippen LogP contribution in [0.2, 0.25) is 0 Å². The molecule has 0 heterocycles. The average Bonchev–Trinajstić information content (AvgIpc) is 2.37.